The summed E-state index contributed by atoms with van der Waals surface area (Å²) in [6, 6.07) is 17.7. The van der Waals surface area contributed by atoms with E-state index in [1.165, 1.54) is 0 Å². The fourth-order valence-electron chi connectivity index (χ4n) is 4.42. The number of ketones is 1. The minimum absolute atomic E-state index is 0.0779. The number of halogens is 1. The largest absolute Gasteiger partial charge is 0.454 e. The molecule has 0 saturated heterocycles. The van der Waals surface area contributed by atoms with E-state index in [4.69, 9.17) is 18.9 Å². The summed E-state index contributed by atoms with van der Waals surface area (Å²) in [6.07, 6.45) is 0.817. The third-order valence-corrected chi connectivity index (χ3v) is 6.76. The molecule has 0 fully saturated rings. The minimum Gasteiger partial charge on any atom is -0.454 e. The molecule has 6 rings (SSSR count). The Morgan fingerprint density at radius 2 is 1.66 bits per heavy atom. The molecule has 6 nitrogen and oxygen atoms in total. The van der Waals surface area contributed by atoms with Crippen LogP contribution in [0.5, 0.6) is 23.0 Å². The average Bonchev–Trinajstić information content (AvgIpc) is 3.47. The number of ether oxygens (including phenoxy) is 4. The summed E-state index contributed by atoms with van der Waals surface area (Å²) >= 11 is 3.57. The summed E-state index contributed by atoms with van der Waals surface area (Å²) in [7, 11) is 0. The molecule has 3 aliphatic rings. The summed E-state index contributed by atoms with van der Waals surface area (Å²) in [5, 5.41) is 0. The van der Waals surface area contributed by atoms with E-state index < -0.39 is 0 Å². The van der Waals surface area contributed by atoms with Crippen molar-refractivity contribution >= 4 is 27.4 Å². The maximum Gasteiger partial charge on any atom is 0.258 e. The van der Waals surface area contributed by atoms with Gasteiger partial charge in [0, 0.05) is 17.5 Å². The number of hydrogen-bond acceptors (Lipinski definition) is 5. The van der Waals surface area contributed by atoms with Crippen molar-refractivity contribution in [3.63, 3.8) is 0 Å². The molecule has 3 aliphatic heterocycles. The van der Waals surface area contributed by atoms with Crippen molar-refractivity contribution in [2.75, 3.05) is 20.1 Å². The average molecular weight is 493 g/mol. The van der Waals surface area contributed by atoms with Crippen molar-refractivity contribution in [2.24, 2.45) is 0 Å². The van der Waals surface area contributed by atoms with E-state index in [0.717, 1.165) is 35.4 Å². The molecule has 0 spiro atoms. The third-order valence-electron chi connectivity index (χ3n) is 5.98. The van der Waals surface area contributed by atoms with Gasteiger partial charge in [0.15, 0.2) is 29.5 Å². The second kappa shape index (κ2) is 7.67. The molecule has 0 saturated carbocycles. The Hall–Kier alpha value is -3.32. The van der Waals surface area contributed by atoms with Crippen LogP contribution in [0.1, 0.15) is 27.0 Å². The number of nitrogens with zero attached hydrogens (tertiary/aromatic N) is 1. The normalized spacial score (nSPS) is 15.7. The zero-order valence-electron chi connectivity index (χ0n) is 17.1. The Morgan fingerprint density at radius 3 is 2.50 bits per heavy atom. The number of Topliss-reactive ketones (excluding diaryl/α,β-unsaturated/α-hetero) is 1. The molecular formula is C25H19BrNO5+. The van der Waals surface area contributed by atoms with E-state index in [1.54, 1.807) is 12.1 Å². The lowest BCUT2D eigenvalue weighted by molar-refractivity contribution is -0.543. The Bertz CT molecular complexity index is 1290. The molecule has 0 aliphatic carbocycles. The van der Waals surface area contributed by atoms with Crippen molar-refractivity contribution in [1.29, 1.82) is 0 Å². The SMILES string of the molecule is O=C(C1=[N+](Cc2ccccc2)CCc2cc3c(cc21)OCO3)c1ccc2c(c1Br)OCO2. The predicted molar refractivity (Wildman–Crippen MR) is 120 cm³/mol. The number of rotatable bonds is 4. The standard InChI is InChI=1S/C25H19BrNO5/c26-22-17(6-7-19-25(22)32-14-29-19)24(28)23-18-11-21-20(30-13-31-21)10-16(18)8-9-27(23)12-15-4-2-1-3-5-15/h1-7,10-11H,8-9,12-14H2/q+1. The molecular weight excluding hydrogens is 474 g/mol. The van der Waals surface area contributed by atoms with E-state index in [-0.39, 0.29) is 19.4 Å². The number of carbonyl (C=O) groups is 1. The summed E-state index contributed by atoms with van der Waals surface area (Å²) in [6.45, 7) is 1.71. The molecule has 7 heteroatoms. The first kappa shape index (κ1) is 19.4. The van der Waals surface area contributed by atoms with E-state index in [0.29, 0.717) is 39.5 Å². The molecule has 0 aromatic heterocycles. The highest BCUT2D eigenvalue weighted by molar-refractivity contribution is 9.10. The third kappa shape index (κ3) is 3.15. The zero-order valence-corrected chi connectivity index (χ0v) is 18.7. The topological polar surface area (TPSA) is 57.0 Å². The lowest BCUT2D eigenvalue weighted by atomic mass is 9.91. The molecule has 0 amide bonds. The van der Waals surface area contributed by atoms with E-state index in [9.17, 15) is 4.79 Å². The number of fused-ring (bicyclic) bond motifs is 3. The van der Waals surface area contributed by atoms with E-state index in [1.807, 2.05) is 30.3 Å². The number of carbonyl (C=O) groups excluding carboxylic acids is 1. The van der Waals surface area contributed by atoms with Gasteiger partial charge in [-0.05, 0) is 45.8 Å². The van der Waals surface area contributed by atoms with Gasteiger partial charge in [-0.3, -0.25) is 4.79 Å². The van der Waals surface area contributed by atoms with Gasteiger partial charge in [0.25, 0.3) is 11.5 Å². The van der Waals surface area contributed by atoms with Crippen LogP contribution in [0.3, 0.4) is 0 Å². The maximum atomic E-state index is 14.0. The smallest absolute Gasteiger partial charge is 0.258 e. The van der Waals surface area contributed by atoms with Crippen LogP contribution in [-0.4, -0.2) is 36.2 Å². The molecule has 0 atom stereocenters. The Balaban J connectivity index is 1.51. The van der Waals surface area contributed by atoms with Crippen LogP contribution in [0.25, 0.3) is 0 Å². The summed E-state index contributed by atoms with van der Waals surface area (Å²) < 4.78 is 25.0. The molecule has 3 heterocycles. The van der Waals surface area contributed by atoms with Crippen LogP contribution < -0.4 is 18.9 Å². The molecule has 0 bridgehead atoms. The van der Waals surface area contributed by atoms with Crippen LogP contribution in [0.4, 0.5) is 0 Å². The highest BCUT2D eigenvalue weighted by Gasteiger charge is 2.36. The van der Waals surface area contributed by atoms with Gasteiger partial charge >= 0.3 is 0 Å². The Labute approximate surface area is 193 Å². The van der Waals surface area contributed by atoms with Gasteiger partial charge in [0.1, 0.15) is 6.54 Å². The molecule has 0 unspecified atom stereocenters. The fourth-order valence-corrected chi connectivity index (χ4v) is 5.04. The zero-order chi connectivity index (χ0) is 21.7. The quantitative estimate of drug-likeness (QED) is 0.400. The number of benzene rings is 3. The maximum absolute atomic E-state index is 14.0. The second-order valence-electron chi connectivity index (χ2n) is 7.86. The van der Waals surface area contributed by atoms with Crippen LogP contribution >= 0.6 is 15.9 Å². The Morgan fingerprint density at radius 1 is 0.906 bits per heavy atom. The molecule has 160 valence electrons. The van der Waals surface area contributed by atoms with Crippen LogP contribution in [0.2, 0.25) is 0 Å². The van der Waals surface area contributed by atoms with Gasteiger partial charge in [0.2, 0.25) is 13.6 Å². The molecule has 0 N–H and O–H groups in total. The lowest BCUT2D eigenvalue weighted by Gasteiger charge is -2.19. The van der Waals surface area contributed by atoms with Crippen LogP contribution in [-0.2, 0) is 13.0 Å². The van der Waals surface area contributed by atoms with E-state index in [2.05, 4.69) is 32.6 Å². The lowest BCUT2D eigenvalue weighted by Crippen LogP contribution is -2.35. The first-order chi connectivity index (χ1) is 15.7. The monoisotopic (exact) mass is 492 g/mol. The first-order valence-electron chi connectivity index (χ1n) is 10.4. The molecule has 32 heavy (non-hydrogen) atoms. The fraction of sp³-hybridized carbons (Fsp3) is 0.200. The minimum atomic E-state index is -0.0779. The molecule has 0 radical (unpaired) electrons. The number of hydrogen-bond donors (Lipinski definition) is 0. The van der Waals surface area contributed by atoms with Gasteiger partial charge in [-0.2, -0.15) is 0 Å². The van der Waals surface area contributed by atoms with Crippen molar-refractivity contribution in [1.82, 2.24) is 0 Å². The first-order valence-corrected chi connectivity index (χ1v) is 11.2. The van der Waals surface area contributed by atoms with Gasteiger partial charge in [-0.15, -0.1) is 0 Å². The van der Waals surface area contributed by atoms with Gasteiger partial charge < -0.3 is 18.9 Å². The predicted octanol–water partition coefficient (Wildman–Crippen LogP) is 4.35. The van der Waals surface area contributed by atoms with Crippen LogP contribution in [0, 0.1) is 0 Å². The van der Waals surface area contributed by atoms with Gasteiger partial charge in [0.05, 0.1) is 10.0 Å². The van der Waals surface area contributed by atoms with Gasteiger partial charge in [-0.25, -0.2) is 4.58 Å². The van der Waals surface area contributed by atoms with Crippen molar-refractivity contribution < 1.29 is 28.3 Å². The summed E-state index contributed by atoms with van der Waals surface area (Å²) in [5.74, 6) is 2.52. The van der Waals surface area contributed by atoms with Gasteiger partial charge in [-0.1, -0.05) is 30.3 Å². The second-order valence-corrected chi connectivity index (χ2v) is 8.65. The van der Waals surface area contributed by atoms with Crippen molar-refractivity contribution in [3.8, 4) is 23.0 Å². The van der Waals surface area contributed by atoms with Crippen molar-refractivity contribution in [2.45, 2.75) is 13.0 Å². The molecule has 3 aromatic rings. The summed E-state index contributed by atoms with van der Waals surface area (Å²) in [5.41, 5.74) is 4.29. The summed E-state index contributed by atoms with van der Waals surface area (Å²) in [4.78, 5) is 14.0. The van der Waals surface area contributed by atoms with Crippen molar-refractivity contribution in [3.05, 3.63) is 81.3 Å². The van der Waals surface area contributed by atoms with E-state index >= 15 is 0 Å². The highest BCUT2D eigenvalue weighted by atomic mass is 79.9. The van der Waals surface area contributed by atoms with Crippen LogP contribution in [0.15, 0.2) is 59.1 Å². The Kier molecular flexibility index (Phi) is 4.64. The highest BCUT2D eigenvalue weighted by Crippen LogP contribution is 2.42. The molecule has 3 aromatic carbocycles.